The molecule has 0 unspecified atom stereocenters. The van der Waals surface area contributed by atoms with Gasteiger partial charge in [0.2, 0.25) is 15.9 Å². The van der Waals surface area contributed by atoms with Gasteiger partial charge in [0.1, 0.15) is 0 Å². The van der Waals surface area contributed by atoms with E-state index in [1.807, 2.05) is 0 Å². The number of thioether (sulfide) groups is 1. The average molecular weight is 393 g/mol. The molecule has 0 fully saturated rings. The van der Waals surface area contributed by atoms with Gasteiger partial charge in [0, 0.05) is 17.0 Å². The number of carbonyl (C=O) groups is 2. The summed E-state index contributed by atoms with van der Waals surface area (Å²) < 4.78 is 26.2. The monoisotopic (exact) mass is 393 g/mol. The first-order chi connectivity index (χ1) is 12.3. The number of nitrogens with one attached hydrogen (secondary N) is 2. The van der Waals surface area contributed by atoms with Crippen LogP contribution >= 0.6 is 11.8 Å². The molecule has 138 valence electrons. The third-order valence-electron chi connectivity index (χ3n) is 3.27. The Bertz CT molecular complexity index is 896. The van der Waals surface area contributed by atoms with Crippen LogP contribution in [0.3, 0.4) is 0 Å². The molecule has 2 aromatic carbocycles. The molecule has 0 aliphatic carbocycles. The van der Waals surface area contributed by atoms with Gasteiger partial charge in [0.15, 0.2) is 0 Å². The number of hydrogen-bond donors (Lipinski definition) is 3. The highest BCUT2D eigenvalue weighted by Gasteiger charge is 2.14. The lowest BCUT2D eigenvalue weighted by molar-refractivity contribution is -0.115. The van der Waals surface area contributed by atoms with E-state index in [0.29, 0.717) is 16.1 Å². The lowest BCUT2D eigenvalue weighted by atomic mass is 10.2. The second-order valence-corrected chi connectivity index (χ2v) is 8.02. The van der Waals surface area contributed by atoms with E-state index in [2.05, 4.69) is 10.0 Å². The van der Waals surface area contributed by atoms with Gasteiger partial charge >= 0.3 is 0 Å². The number of nitrogens with two attached hydrogens (primary N) is 1. The van der Waals surface area contributed by atoms with Crippen molar-refractivity contribution in [1.29, 1.82) is 0 Å². The summed E-state index contributed by atoms with van der Waals surface area (Å²) in [4.78, 5) is 24.2. The van der Waals surface area contributed by atoms with E-state index >= 15 is 0 Å². The quantitative estimate of drug-likeness (QED) is 0.591. The predicted molar refractivity (Wildman–Crippen MR) is 102 cm³/mol. The standard InChI is InChI=1S/C17H19N3O4S2/c1-2-19-26(23,24)13-9-7-12(8-10-13)17(22)20-14-5-3-4-6-15(14)25-11-16(18)21/h3-10,19H,2,11H2,1H3,(H2,18,21)(H,20,22). The number of para-hydroxylation sites is 1. The fourth-order valence-electron chi connectivity index (χ4n) is 2.10. The van der Waals surface area contributed by atoms with Crippen molar-refractivity contribution in [3.63, 3.8) is 0 Å². The minimum Gasteiger partial charge on any atom is -0.369 e. The number of rotatable bonds is 8. The molecular formula is C17H19N3O4S2. The van der Waals surface area contributed by atoms with Crippen LogP contribution in [0.4, 0.5) is 5.69 Å². The molecule has 2 rings (SSSR count). The van der Waals surface area contributed by atoms with E-state index in [4.69, 9.17) is 5.73 Å². The maximum atomic E-state index is 12.4. The van der Waals surface area contributed by atoms with Crippen LogP contribution in [0.1, 0.15) is 17.3 Å². The van der Waals surface area contributed by atoms with Crippen LogP contribution in [0.25, 0.3) is 0 Å². The number of carbonyl (C=O) groups excluding carboxylic acids is 2. The smallest absolute Gasteiger partial charge is 0.255 e. The summed E-state index contributed by atoms with van der Waals surface area (Å²) in [5.74, 6) is -0.734. The highest BCUT2D eigenvalue weighted by Crippen LogP contribution is 2.27. The summed E-state index contributed by atoms with van der Waals surface area (Å²) >= 11 is 1.23. The number of sulfonamides is 1. The fourth-order valence-corrected chi connectivity index (χ4v) is 3.89. The first-order valence-corrected chi connectivity index (χ1v) is 10.2. The third kappa shape index (κ3) is 5.32. The predicted octanol–water partition coefficient (Wildman–Crippen LogP) is 1.81. The Morgan fingerprint density at radius 3 is 2.35 bits per heavy atom. The van der Waals surface area contributed by atoms with Crippen molar-refractivity contribution in [1.82, 2.24) is 4.72 Å². The van der Waals surface area contributed by atoms with E-state index in [1.54, 1.807) is 31.2 Å². The van der Waals surface area contributed by atoms with Crippen molar-refractivity contribution >= 4 is 39.3 Å². The Labute approximate surface area is 156 Å². The highest BCUT2D eigenvalue weighted by molar-refractivity contribution is 8.00. The third-order valence-corrected chi connectivity index (χ3v) is 5.92. The second-order valence-electron chi connectivity index (χ2n) is 5.23. The van der Waals surface area contributed by atoms with E-state index in [9.17, 15) is 18.0 Å². The maximum absolute atomic E-state index is 12.4. The molecule has 0 saturated carbocycles. The normalized spacial score (nSPS) is 11.1. The first-order valence-electron chi connectivity index (χ1n) is 7.74. The van der Waals surface area contributed by atoms with Crippen LogP contribution in [0.2, 0.25) is 0 Å². The van der Waals surface area contributed by atoms with Gasteiger partial charge in [0.25, 0.3) is 5.91 Å². The first kappa shape index (κ1) is 20.0. The maximum Gasteiger partial charge on any atom is 0.255 e. The Morgan fingerprint density at radius 2 is 1.73 bits per heavy atom. The van der Waals surface area contributed by atoms with Gasteiger partial charge in [-0.2, -0.15) is 0 Å². The average Bonchev–Trinajstić information content (AvgIpc) is 2.61. The fraction of sp³-hybridized carbons (Fsp3) is 0.176. The molecule has 2 aromatic rings. The summed E-state index contributed by atoms with van der Waals surface area (Å²) in [5, 5.41) is 2.76. The molecule has 0 aliphatic heterocycles. The minimum absolute atomic E-state index is 0.0910. The lowest BCUT2D eigenvalue weighted by Crippen LogP contribution is -2.23. The zero-order valence-corrected chi connectivity index (χ0v) is 15.7. The van der Waals surface area contributed by atoms with E-state index in [-0.39, 0.29) is 23.1 Å². The molecule has 0 atom stereocenters. The van der Waals surface area contributed by atoms with E-state index in [0.717, 1.165) is 0 Å². The zero-order chi connectivity index (χ0) is 19.2. The summed E-state index contributed by atoms with van der Waals surface area (Å²) in [6.07, 6.45) is 0. The van der Waals surface area contributed by atoms with Crippen LogP contribution in [0, 0.1) is 0 Å². The van der Waals surface area contributed by atoms with Gasteiger partial charge < -0.3 is 11.1 Å². The van der Waals surface area contributed by atoms with Crippen molar-refractivity contribution in [2.75, 3.05) is 17.6 Å². The van der Waals surface area contributed by atoms with Gasteiger partial charge in [-0.1, -0.05) is 19.1 Å². The summed E-state index contributed by atoms with van der Waals surface area (Å²) in [6.45, 7) is 1.97. The molecule has 7 nitrogen and oxygen atoms in total. The van der Waals surface area contributed by atoms with E-state index in [1.165, 1.54) is 36.0 Å². The highest BCUT2D eigenvalue weighted by atomic mass is 32.2. The van der Waals surface area contributed by atoms with Crippen LogP contribution in [0.5, 0.6) is 0 Å². The molecule has 0 saturated heterocycles. The molecule has 0 aromatic heterocycles. The molecule has 2 amide bonds. The molecule has 0 radical (unpaired) electrons. The van der Waals surface area contributed by atoms with Gasteiger partial charge in [0.05, 0.1) is 16.3 Å². The molecular weight excluding hydrogens is 374 g/mol. The number of hydrogen-bond acceptors (Lipinski definition) is 5. The molecule has 0 heterocycles. The molecule has 0 aliphatic rings. The number of anilines is 1. The number of primary amides is 1. The Kier molecular flexibility index (Phi) is 6.78. The molecule has 0 bridgehead atoms. The number of benzene rings is 2. The van der Waals surface area contributed by atoms with Gasteiger partial charge in [-0.3, -0.25) is 9.59 Å². The largest absolute Gasteiger partial charge is 0.369 e. The van der Waals surface area contributed by atoms with Crippen molar-refractivity contribution in [3.8, 4) is 0 Å². The van der Waals surface area contributed by atoms with Gasteiger partial charge in [-0.25, -0.2) is 13.1 Å². The van der Waals surface area contributed by atoms with Crippen LogP contribution in [0.15, 0.2) is 58.3 Å². The van der Waals surface area contributed by atoms with Gasteiger partial charge in [-0.15, -0.1) is 11.8 Å². The summed E-state index contributed by atoms with van der Waals surface area (Å²) in [6, 6.07) is 12.7. The number of amides is 2. The zero-order valence-electron chi connectivity index (χ0n) is 14.1. The summed E-state index contributed by atoms with van der Waals surface area (Å²) in [7, 11) is -3.56. The minimum atomic E-state index is -3.56. The van der Waals surface area contributed by atoms with Crippen molar-refractivity contribution < 1.29 is 18.0 Å². The summed E-state index contributed by atoms with van der Waals surface area (Å²) in [5.41, 5.74) is 6.02. The van der Waals surface area contributed by atoms with E-state index < -0.39 is 15.9 Å². The molecule has 26 heavy (non-hydrogen) atoms. The SMILES string of the molecule is CCNS(=O)(=O)c1ccc(C(=O)Nc2ccccc2SCC(N)=O)cc1. The van der Waals surface area contributed by atoms with Crippen LogP contribution in [-0.4, -0.2) is 32.5 Å². The van der Waals surface area contributed by atoms with Gasteiger partial charge in [-0.05, 0) is 36.4 Å². The van der Waals surface area contributed by atoms with Crippen molar-refractivity contribution in [2.24, 2.45) is 5.73 Å². The molecule has 4 N–H and O–H groups in total. The Balaban J connectivity index is 2.15. The molecule has 0 spiro atoms. The topological polar surface area (TPSA) is 118 Å². The Morgan fingerprint density at radius 1 is 1.08 bits per heavy atom. The lowest BCUT2D eigenvalue weighted by Gasteiger charge is -2.11. The second kappa shape index (κ2) is 8.84. The van der Waals surface area contributed by atoms with Crippen molar-refractivity contribution in [2.45, 2.75) is 16.7 Å². The van der Waals surface area contributed by atoms with Crippen LogP contribution < -0.4 is 15.8 Å². The molecule has 9 heteroatoms. The van der Waals surface area contributed by atoms with Crippen molar-refractivity contribution in [3.05, 3.63) is 54.1 Å². The van der Waals surface area contributed by atoms with Crippen LogP contribution in [-0.2, 0) is 14.8 Å². The Hall–Kier alpha value is -2.36.